The highest BCUT2D eigenvalue weighted by Crippen LogP contribution is 2.17. The number of guanidine groups is 1. The first-order valence-electron chi connectivity index (χ1n) is 8.39. The van der Waals surface area contributed by atoms with Gasteiger partial charge < -0.3 is 19.9 Å². The first-order valence-corrected chi connectivity index (χ1v) is 8.39. The molecule has 2 aliphatic rings. The van der Waals surface area contributed by atoms with Crippen molar-refractivity contribution in [3.8, 4) is 0 Å². The standard InChI is InChI=1S/C16H33N5O/c1-16(2,19(4)5)13-18-15(17-3)21-7-6-14(12-21)20-8-10-22-11-9-20/h14H,6-13H2,1-5H3,(H,17,18). The second-order valence-corrected chi connectivity index (χ2v) is 7.14. The summed E-state index contributed by atoms with van der Waals surface area (Å²) in [6.45, 7) is 11.4. The lowest BCUT2D eigenvalue weighted by atomic mass is 10.0. The summed E-state index contributed by atoms with van der Waals surface area (Å²) in [4.78, 5) is 11.7. The predicted molar refractivity (Wildman–Crippen MR) is 91.5 cm³/mol. The number of rotatable bonds is 4. The zero-order valence-electron chi connectivity index (χ0n) is 14.9. The fraction of sp³-hybridized carbons (Fsp3) is 0.938. The minimum absolute atomic E-state index is 0.110. The van der Waals surface area contributed by atoms with E-state index in [-0.39, 0.29) is 5.54 Å². The lowest BCUT2D eigenvalue weighted by Crippen LogP contribution is -2.52. The average molecular weight is 311 g/mol. The molecular weight excluding hydrogens is 278 g/mol. The normalized spacial score (nSPS) is 25.1. The highest BCUT2D eigenvalue weighted by Gasteiger charge is 2.31. The summed E-state index contributed by atoms with van der Waals surface area (Å²) in [7, 11) is 6.12. The summed E-state index contributed by atoms with van der Waals surface area (Å²) >= 11 is 0. The highest BCUT2D eigenvalue weighted by molar-refractivity contribution is 5.80. The van der Waals surface area contributed by atoms with Crippen LogP contribution in [-0.2, 0) is 4.74 Å². The predicted octanol–water partition coefficient (Wildman–Crippen LogP) is 0.309. The van der Waals surface area contributed by atoms with Crippen LogP contribution in [0.1, 0.15) is 20.3 Å². The van der Waals surface area contributed by atoms with Crippen LogP contribution in [0.2, 0.25) is 0 Å². The van der Waals surface area contributed by atoms with Gasteiger partial charge in [0, 0.05) is 51.4 Å². The lowest BCUT2D eigenvalue weighted by molar-refractivity contribution is 0.0194. The second kappa shape index (κ2) is 7.62. The molecule has 0 radical (unpaired) electrons. The first-order chi connectivity index (χ1) is 10.4. The zero-order chi connectivity index (χ0) is 16.2. The maximum Gasteiger partial charge on any atom is 0.193 e. The molecule has 0 bridgehead atoms. The molecule has 2 rings (SSSR count). The molecule has 1 N–H and O–H groups in total. The van der Waals surface area contributed by atoms with Crippen molar-refractivity contribution in [2.75, 3.05) is 67.1 Å². The van der Waals surface area contributed by atoms with Gasteiger partial charge in [-0.05, 0) is 34.4 Å². The second-order valence-electron chi connectivity index (χ2n) is 7.14. The Morgan fingerprint density at radius 2 is 1.95 bits per heavy atom. The fourth-order valence-corrected chi connectivity index (χ4v) is 2.96. The van der Waals surface area contributed by atoms with E-state index in [1.165, 1.54) is 6.42 Å². The third kappa shape index (κ3) is 4.33. The molecule has 1 atom stereocenters. The van der Waals surface area contributed by atoms with Gasteiger partial charge in [-0.25, -0.2) is 0 Å². The number of aliphatic imine (C=N–C) groups is 1. The molecule has 0 aromatic rings. The molecule has 2 aliphatic heterocycles. The van der Waals surface area contributed by atoms with Crippen molar-refractivity contribution in [3.05, 3.63) is 0 Å². The Morgan fingerprint density at radius 3 is 2.55 bits per heavy atom. The monoisotopic (exact) mass is 311 g/mol. The number of hydrogen-bond donors (Lipinski definition) is 1. The van der Waals surface area contributed by atoms with Gasteiger partial charge in [0.05, 0.1) is 13.2 Å². The Hall–Kier alpha value is -0.850. The van der Waals surface area contributed by atoms with Crippen molar-refractivity contribution in [3.63, 3.8) is 0 Å². The number of likely N-dealkylation sites (N-methyl/N-ethyl adjacent to an activating group) is 1. The Bertz CT molecular complexity index is 377. The fourth-order valence-electron chi connectivity index (χ4n) is 2.96. The zero-order valence-corrected chi connectivity index (χ0v) is 14.9. The van der Waals surface area contributed by atoms with Crippen LogP contribution in [0.15, 0.2) is 4.99 Å². The van der Waals surface area contributed by atoms with E-state index in [0.29, 0.717) is 6.04 Å². The van der Waals surface area contributed by atoms with Crippen LogP contribution in [-0.4, -0.2) is 99.3 Å². The number of nitrogens with zero attached hydrogens (tertiary/aromatic N) is 4. The number of ether oxygens (including phenoxy) is 1. The van der Waals surface area contributed by atoms with E-state index in [9.17, 15) is 0 Å². The van der Waals surface area contributed by atoms with Gasteiger partial charge in [0.15, 0.2) is 5.96 Å². The van der Waals surface area contributed by atoms with Gasteiger partial charge in [0.25, 0.3) is 0 Å². The van der Waals surface area contributed by atoms with Crippen LogP contribution in [0.5, 0.6) is 0 Å². The van der Waals surface area contributed by atoms with E-state index in [0.717, 1.165) is 51.9 Å². The lowest BCUT2D eigenvalue weighted by Gasteiger charge is -2.35. The van der Waals surface area contributed by atoms with Crippen LogP contribution >= 0.6 is 0 Å². The number of hydrogen-bond acceptors (Lipinski definition) is 4. The molecule has 2 heterocycles. The summed E-state index contributed by atoms with van der Waals surface area (Å²) in [5.41, 5.74) is 0.110. The van der Waals surface area contributed by atoms with E-state index < -0.39 is 0 Å². The van der Waals surface area contributed by atoms with E-state index in [4.69, 9.17) is 4.74 Å². The van der Waals surface area contributed by atoms with Crippen LogP contribution in [0.3, 0.4) is 0 Å². The van der Waals surface area contributed by atoms with Crippen LogP contribution in [0.25, 0.3) is 0 Å². The van der Waals surface area contributed by atoms with Crippen LogP contribution < -0.4 is 5.32 Å². The topological polar surface area (TPSA) is 43.3 Å². The molecule has 0 aliphatic carbocycles. The Labute approximate surface area is 135 Å². The Balaban J connectivity index is 1.85. The molecule has 0 aromatic carbocycles. The minimum Gasteiger partial charge on any atom is -0.379 e. The Morgan fingerprint density at radius 1 is 1.27 bits per heavy atom. The summed E-state index contributed by atoms with van der Waals surface area (Å²) in [5.74, 6) is 1.03. The third-order valence-electron chi connectivity index (χ3n) is 5.13. The highest BCUT2D eigenvalue weighted by atomic mass is 16.5. The molecule has 1 unspecified atom stereocenters. The largest absolute Gasteiger partial charge is 0.379 e. The van der Waals surface area contributed by atoms with Crippen molar-refractivity contribution >= 4 is 5.96 Å². The van der Waals surface area contributed by atoms with Gasteiger partial charge in [-0.1, -0.05) is 0 Å². The van der Waals surface area contributed by atoms with Crippen LogP contribution in [0, 0.1) is 0 Å². The van der Waals surface area contributed by atoms with E-state index >= 15 is 0 Å². The molecule has 0 amide bonds. The molecule has 0 aromatic heterocycles. The van der Waals surface area contributed by atoms with Crippen molar-refractivity contribution in [2.24, 2.45) is 4.99 Å². The molecule has 0 spiro atoms. The summed E-state index contributed by atoms with van der Waals surface area (Å²) in [5, 5.41) is 3.55. The maximum absolute atomic E-state index is 5.46. The summed E-state index contributed by atoms with van der Waals surface area (Å²) < 4.78 is 5.46. The quantitative estimate of drug-likeness (QED) is 0.598. The van der Waals surface area contributed by atoms with Crippen molar-refractivity contribution in [1.29, 1.82) is 0 Å². The van der Waals surface area contributed by atoms with E-state index in [2.05, 4.69) is 53.0 Å². The molecule has 128 valence electrons. The molecule has 0 saturated carbocycles. The Kier molecular flexibility index (Phi) is 6.06. The van der Waals surface area contributed by atoms with Crippen molar-refractivity contribution in [1.82, 2.24) is 20.0 Å². The van der Waals surface area contributed by atoms with Crippen molar-refractivity contribution in [2.45, 2.75) is 31.8 Å². The van der Waals surface area contributed by atoms with Crippen molar-refractivity contribution < 1.29 is 4.74 Å². The molecule has 2 saturated heterocycles. The summed E-state index contributed by atoms with van der Waals surface area (Å²) in [6.07, 6.45) is 1.22. The van der Waals surface area contributed by atoms with Crippen LogP contribution in [0.4, 0.5) is 0 Å². The number of likely N-dealkylation sites (tertiary alicyclic amines) is 1. The van der Waals surface area contributed by atoms with E-state index in [1.807, 2.05) is 7.05 Å². The number of morpholine rings is 1. The van der Waals surface area contributed by atoms with Gasteiger partial charge in [0.2, 0.25) is 0 Å². The minimum atomic E-state index is 0.110. The van der Waals surface area contributed by atoms with Gasteiger partial charge >= 0.3 is 0 Å². The summed E-state index contributed by atoms with van der Waals surface area (Å²) in [6, 6.07) is 0.643. The van der Waals surface area contributed by atoms with E-state index in [1.54, 1.807) is 0 Å². The molecular formula is C16H33N5O. The first kappa shape index (κ1) is 17.5. The molecule has 6 heteroatoms. The molecule has 22 heavy (non-hydrogen) atoms. The molecule has 2 fully saturated rings. The molecule has 6 nitrogen and oxygen atoms in total. The average Bonchev–Trinajstić information content (AvgIpc) is 2.98. The smallest absolute Gasteiger partial charge is 0.193 e. The SMILES string of the molecule is CN=C(NCC(C)(C)N(C)C)N1CCC(N2CCOCC2)C1. The van der Waals surface area contributed by atoms with Gasteiger partial charge in [-0.3, -0.25) is 9.89 Å². The van der Waals surface area contributed by atoms with Gasteiger partial charge in [0.1, 0.15) is 0 Å². The number of nitrogens with one attached hydrogen (secondary N) is 1. The third-order valence-corrected chi connectivity index (χ3v) is 5.13. The van der Waals surface area contributed by atoms with Gasteiger partial charge in [-0.15, -0.1) is 0 Å². The maximum atomic E-state index is 5.46. The van der Waals surface area contributed by atoms with Gasteiger partial charge in [-0.2, -0.15) is 0 Å².